The molecule has 1 fully saturated rings. The van der Waals surface area contributed by atoms with Gasteiger partial charge in [-0.15, -0.1) is 0 Å². The van der Waals surface area contributed by atoms with Crippen LogP contribution in [0.4, 0.5) is 0 Å². The Hall–Kier alpha value is -0.850. The summed E-state index contributed by atoms with van der Waals surface area (Å²) in [5, 5.41) is 0. The molecule has 64 valence electrons. The van der Waals surface area contributed by atoms with Crippen molar-refractivity contribution in [3.63, 3.8) is 0 Å². The number of hydrogen-bond acceptors (Lipinski definition) is 1. The van der Waals surface area contributed by atoms with Crippen LogP contribution in [0.1, 0.15) is 26.2 Å². The predicted octanol–water partition coefficient (Wildman–Crippen LogP) is 2.49. The normalized spacial score (nSPS) is 41.4. The van der Waals surface area contributed by atoms with Crippen LogP contribution in [0.3, 0.4) is 0 Å². The molecule has 0 aromatic carbocycles. The second-order valence-electron chi connectivity index (χ2n) is 3.92. The van der Waals surface area contributed by atoms with Crippen LogP contribution < -0.4 is 0 Å². The van der Waals surface area contributed by atoms with Gasteiger partial charge in [0.2, 0.25) is 0 Å². The Labute approximate surface area is 73.2 Å². The number of carbonyl (C=O) groups is 1. The molecule has 2 unspecified atom stereocenters. The summed E-state index contributed by atoms with van der Waals surface area (Å²) in [7, 11) is 0. The first kappa shape index (κ1) is 7.78. The maximum absolute atomic E-state index is 11.5. The molecule has 12 heavy (non-hydrogen) atoms. The lowest BCUT2D eigenvalue weighted by Gasteiger charge is -2.08. The maximum Gasteiger partial charge on any atom is 0.159 e. The van der Waals surface area contributed by atoms with E-state index in [-0.39, 0.29) is 0 Å². The highest BCUT2D eigenvalue weighted by Gasteiger charge is 2.28. The van der Waals surface area contributed by atoms with Gasteiger partial charge in [-0.3, -0.25) is 4.79 Å². The molecule has 2 bridgehead atoms. The average Bonchev–Trinajstić information content (AvgIpc) is 2.47. The van der Waals surface area contributed by atoms with Crippen molar-refractivity contribution in [2.45, 2.75) is 26.2 Å². The first-order chi connectivity index (χ1) is 5.75. The molecule has 2 aliphatic rings. The van der Waals surface area contributed by atoms with Gasteiger partial charge in [0.15, 0.2) is 5.78 Å². The molecular weight excluding hydrogens is 148 g/mol. The number of hydrogen-bond donors (Lipinski definition) is 0. The van der Waals surface area contributed by atoms with E-state index >= 15 is 0 Å². The Morgan fingerprint density at radius 3 is 3.08 bits per heavy atom. The van der Waals surface area contributed by atoms with Crippen LogP contribution in [0.5, 0.6) is 0 Å². The quantitative estimate of drug-likeness (QED) is 0.535. The first-order valence-electron chi connectivity index (χ1n) is 4.66. The second-order valence-corrected chi connectivity index (χ2v) is 3.92. The summed E-state index contributed by atoms with van der Waals surface area (Å²) in [6.07, 6.45) is 9.52. The Bertz CT molecular complexity index is 260. The van der Waals surface area contributed by atoms with Crippen molar-refractivity contribution in [1.29, 1.82) is 0 Å². The minimum atomic E-state index is 0.329. The number of carbonyl (C=O) groups excluding carboxylic acids is 1. The summed E-state index contributed by atoms with van der Waals surface area (Å²) in [5.41, 5.74) is 1.11. The van der Waals surface area contributed by atoms with Gasteiger partial charge in [0.05, 0.1) is 0 Å². The number of ketones is 1. The van der Waals surface area contributed by atoms with Gasteiger partial charge in [0.25, 0.3) is 0 Å². The highest BCUT2D eigenvalue weighted by Crippen LogP contribution is 2.34. The Morgan fingerprint density at radius 2 is 2.25 bits per heavy atom. The Morgan fingerprint density at radius 1 is 1.42 bits per heavy atom. The van der Waals surface area contributed by atoms with Crippen LogP contribution in [-0.2, 0) is 4.79 Å². The molecular formula is C11H14O. The van der Waals surface area contributed by atoms with Crippen molar-refractivity contribution in [3.8, 4) is 0 Å². The smallest absolute Gasteiger partial charge is 0.159 e. The SMILES string of the molecule is CC1=C/C(=O)C2CCC(/C=C\1)C2. The van der Waals surface area contributed by atoms with E-state index in [1.807, 2.05) is 6.92 Å². The third-order valence-corrected chi connectivity index (χ3v) is 2.88. The largest absolute Gasteiger partial charge is 0.295 e. The highest BCUT2D eigenvalue weighted by molar-refractivity contribution is 5.93. The molecule has 0 amide bonds. The number of rotatable bonds is 0. The van der Waals surface area contributed by atoms with Crippen molar-refractivity contribution in [2.24, 2.45) is 11.8 Å². The van der Waals surface area contributed by atoms with Crippen molar-refractivity contribution < 1.29 is 4.79 Å². The first-order valence-corrected chi connectivity index (χ1v) is 4.66. The summed E-state index contributed by atoms with van der Waals surface area (Å²) < 4.78 is 0. The molecule has 0 N–H and O–H groups in total. The third kappa shape index (κ3) is 1.36. The average molecular weight is 162 g/mol. The van der Waals surface area contributed by atoms with Gasteiger partial charge in [0.1, 0.15) is 0 Å². The maximum atomic E-state index is 11.5. The van der Waals surface area contributed by atoms with Gasteiger partial charge in [-0.2, -0.15) is 0 Å². The molecule has 1 heteroatoms. The highest BCUT2D eigenvalue weighted by atomic mass is 16.1. The second kappa shape index (κ2) is 2.89. The van der Waals surface area contributed by atoms with Crippen molar-refractivity contribution in [3.05, 3.63) is 23.8 Å². The molecule has 0 saturated heterocycles. The van der Waals surface area contributed by atoms with E-state index in [4.69, 9.17) is 0 Å². The van der Waals surface area contributed by atoms with Crippen LogP contribution >= 0.6 is 0 Å². The van der Waals surface area contributed by atoms with Crippen LogP contribution in [0.15, 0.2) is 23.8 Å². The van der Waals surface area contributed by atoms with E-state index in [0.29, 0.717) is 17.6 Å². The fourth-order valence-corrected chi connectivity index (χ4v) is 2.13. The molecule has 2 aliphatic carbocycles. The summed E-state index contributed by atoms with van der Waals surface area (Å²) in [5.74, 6) is 1.34. The minimum Gasteiger partial charge on any atom is -0.295 e. The standard InChI is InChI=1S/C11H14O/c1-8-2-3-9-4-5-10(7-9)11(12)6-8/h2-3,6,9-10H,4-5,7H2,1H3/b3-2-,8-6-. The lowest BCUT2D eigenvalue weighted by Crippen LogP contribution is -2.09. The molecule has 2 rings (SSSR count). The van der Waals surface area contributed by atoms with Crippen LogP contribution in [0.25, 0.3) is 0 Å². The zero-order valence-corrected chi connectivity index (χ0v) is 7.42. The monoisotopic (exact) mass is 162 g/mol. The third-order valence-electron chi connectivity index (χ3n) is 2.88. The zero-order valence-electron chi connectivity index (χ0n) is 7.42. The summed E-state index contributed by atoms with van der Waals surface area (Å²) in [6.45, 7) is 2.00. The number of fused-ring (bicyclic) bond motifs is 2. The molecule has 0 spiro atoms. The molecule has 0 radical (unpaired) electrons. The summed E-state index contributed by atoms with van der Waals surface area (Å²) in [4.78, 5) is 11.5. The lowest BCUT2D eigenvalue weighted by molar-refractivity contribution is -0.118. The molecule has 0 heterocycles. The molecule has 0 aliphatic heterocycles. The van der Waals surface area contributed by atoms with Crippen LogP contribution in [-0.4, -0.2) is 5.78 Å². The van der Waals surface area contributed by atoms with Gasteiger partial charge in [-0.1, -0.05) is 12.2 Å². The van der Waals surface area contributed by atoms with E-state index < -0.39 is 0 Å². The van der Waals surface area contributed by atoms with Crippen molar-refractivity contribution in [2.75, 3.05) is 0 Å². The van der Waals surface area contributed by atoms with Gasteiger partial charge in [-0.25, -0.2) is 0 Å². The Balaban J connectivity index is 2.29. The van der Waals surface area contributed by atoms with Crippen molar-refractivity contribution in [1.82, 2.24) is 0 Å². The van der Waals surface area contributed by atoms with E-state index in [0.717, 1.165) is 18.4 Å². The molecule has 2 atom stereocenters. The van der Waals surface area contributed by atoms with Gasteiger partial charge in [0, 0.05) is 5.92 Å². The van der Waals surface area contributed by atoms with E-state index in [1.165, 1.54) is 6.42 Å². The molecule has 0 aromatic rings. The predicted molar refractivity (Wildman–Crippen MR) is 48.7 cm³/mol. The molecule has 1 saturated carbocycles. The van der Waals surface area contributed by atoms with E-state index in [2.05, 4.69) is 12.2 Å². The topological polar surface area (TPSA) is 17.1 Å². The molecule has 0 aromatic heterocycles. The Kier molecular flexibility index (Phi) is 1.87. The fourth-order valence-electron chi connectivity index (χ4n) is 2.13. The zero-order chi connectivity index (χ0) is 8.55. The van der Waals surface area contributed by atoms with Crippen LogP contribution in [0, 0.1) is 11.8 Å². The summed E-state index contributed by atoms with van der Waals surface area (Å²) >= 11 is 0. The van der Waals surface area contributed by atoms with Gasteiger partial charge >= 0.3 is 0 Å². The van der Waals surface area contributed by atoms with E-state index in [1.54, 1.807) is 6.08 Å². The van der Waals surface area contributed by atoms with Crippen molar-refractivity contribution >= 4 is 5.78 Å². The van der Waals surface area contributed by atoms with E-state index in [9.17, 15) is 4.79 Å². The van der Waals surface area contributed by atoms with Gasteiger partial charge in [-0.05, 0) is 43.8 Å². The fraction of sp³-hybridized carbons (Fsp3) is 0.545. The lowest BCUT2D eigenvalue weighted by atomic mass is 9.96. The number of allylic oxidation sites excluding steroid dienone is 4. The minimum absolute atomic E-state index is 0.329. The van der Waals surface area contributed by atoms with Gasteiger partial charge < -0.3 is 0 Å². The summed E-state index contributed by atoms with van der Waals surface area (Å²) in [6, 6.07) is 0. The van der Waals surface area contributed by atoms with Crippen LogP contribution in [0.2, 0.25) is 0 Å². The molecule has 1 nitrogen and oxygen atoms in total.